The molecule has 0 aromatic heterocycles. The number of aryl methyl sites for hydroxylation is 1. The van der Waals surface area contributed by atoms with Crippen LogP contribution in [0, 0.1) is 12.8 Å². The van der Waals surface area contributed by atoms with Crippen LogP contribution in [-0.2, 0) is 26.2 Å². The number of sulfonamides is 1. The zero-order valence-electron chi connectivity index (χ0n) is 25.2. The van der Waals surface area contributed by atoms with E-state index in [1.165, 1.54) is 37.3 Å². The lowest BCUT2D eigenvalue weighted by atomic mass is 10.1. The normalized spacial score (nSPS) is 12.0. The van der Waals surface area contributed by atoms with Gasteiger partial charge in [-0.1, -0.05) is 68.8 Å². The molecule has 0 saturated heterocycles. The molecule has 2 amide bonds. The second-order valence-corrected chi connectivity index (χ2v) is 12.3. The van der Waals surface area contributed by atoms with Gasteiger partial charge in [-0.3, -0.25) is 13.9 Å². The average Bonchev–Trinajstić information content (AvgIpc) is 2.99. The van der Waals surface area contributed by atoms with Gasteiger partial charge in [0, 0.05) is 19.2 Å². The van der Waals surface area contributed by atoms with Crippen molar-refractivity contribution in [1.29, 1.82) is 0 Å². The van der Waals surface area contributed by atoms with E-state index in [4.69, 9.17) is 9.47 Å². The van der Waals surface area contributed by atoms with E-state index in [2.05, 4.69) is 5.32 Å². The second-order valence-electron chi connectivity index (χ2n) is 10.4. The quantitative estimate of drug-likeness (QED) is 0.288. The predicted molar refractivity (Wildman–Crippen MR) is 164 cm³/mol. The first-order chi connectivity index (χ1) is 20.0. The summed E-state index contributed by atoms with van der Waals surface area (Å²) in [6, 6.07) is 19.7. The number of anilines is 1. The number of rotatable bonds is 14. The minimum absolute atomic E-state index is 0.0650. The predicted octanol–water partition coefficient (Wildman–Crippen LogP) is 4.79. The Morgan fingerprint density at radius 3 is 2.12 bits per heavy atom. The topological polar surface area (TPSA) is 105 Å². The standard InChI is InChI=1S/C32H41N3O6S/c1-7-28(32(37)33-20-23(2)3)34(21-25-11-9-8-10-12-25)31(36)22-35(26-15-13-24(4)14-16-26)42(38,39)27-17-18-29(40-5)30(19-27)41-6/h8-19,23,28H,7,20-22H2,1-6H3,(H,33,37). The highest BCUT2D eigenvalue weighted by Crippen LogP contribution is 2.32. The van der Waals surface area contributed by atoms with Gasteiger partial charge in [0.05, 0.1) is 24.8 Å². The largest absolute Gasteiger partial charge is 0.493 e. The highest BCUT2D eigenvalue weighted by Gasteiger charge is 2.34. The molecular weight excluding hydrogens is 554 g/mol. The van der Waals surface area contributed by atoms with E-state index < -0.39 is 28.5 Å². The minimum Gasteiger partial charge on any atom is -0.493 e. The number of hydrogen-bond acceptors (Lipinski definition) is 6. The first-order valence-corrected chi connectivity index (χ1v) is 15.4. The summed E-state index contributed by atoms with van der Waals surface area (Å²) in [5.41, 5.74) is 2.08. The maximum absolute atomic E-state index is 14.1. The SMILES string of the molecule is CCC(C(=O)NCC(C)C)N(Cc1ccccc1)C(=O)CN(c1ccc(C)cc1)S(=O)(=O)c1ccc(OC)c(OC)c1. The Morgan fingerprint density at radius 2 is 1.55 bits per heavy atom. The molecule has 3 aromatic carbocycles. The Hall–Kier alpha value is -4.05. The van der Waals surface area contributed by atoms with Crippen molar-refractivity contribution in [2.24, 2.45) is 5.92 Å². The van der Waals surface area contributed by atoms with Gasteiger partial charge in [-0.2, -0.15) is 0 Å². The molecule has 1 unspecified atom stereocenters. The van der Waals surface area contributed by atoms with Crippen molar-refractivity contribution >= 4 is 27.5 Å². The molecule has 0 aliphatic heterocycles. The molecule has 42 heavy (non-hydrogen) atoms. The number of nitrogens with zero attached hydrogens (tertiary/aromatic N) is 2. The average molecular weight is 596 g/mol. The molecule has 1 N–H and O–H groups in total. The number of amides is 2. The van der Waals surface area contributed by atoms with Crippen LogP contribution in [0.25, 0.3) is 0 Å². The molecule has 10 heteroatoms. The molecule has 3 aromatic rings. The van der Waals surface area contributed by atoms with Crippen molar-refractivity contribution in [3.8, 4) is 11.5 Å². The minimum atomic E-state index is -4.25. The van der Waals surface area contributed by atoms with E-state index in [1.807, 2.05) is 58.0 Å². The van der Waals surface area contributed by atoms with E-state index in [1.54, 1.807) is 24.3 Å². The van der Waals surface area contributed by atoms with Crippen molar-refractivity contribution in [3.05, 3.63) is 83.9 Å². The molecule has 0 aliphatic rings. The van der Waals surface area contributed by atoms with Gasteiger partial charge in [0.25, 0.3) is 10.0 Å². The number of carbonyl (C=O) groups is 2. The highest BCUT2D eigenvalue weighted by molar-refractivity contribution is 7.92. The molecule has 1 atom stereocenters. The Kier molecular flexibility index (Phi) is 11.4. The molecule has 0 aliphatic carbocycles. The lowest BCUT2D eigenvalue weighted by Gasteiger charge is -2.33. The van der Waals surface area contributed by atoms with E-state index >= 15 is 0 Å². The van der Waals surface area contributed by atoms with Gasteiger partial charge in [0.1, 0.15) is 12.6 Å². The molecule has 9 nitrogen and oxygen atoms in total. The van der Waals surface area contributed by atoms with Gasteiger partial charge in [-0.15, -0.1) is 0 Å². The van der Waals surface area contributed by atoms with Crippen LogP contribution in [0.4, 0.5) is 5.69 Å². The van der Waals surface area contributed by atoms with Gasteiger partial charge in [0.15, 0.2) is 11.5 Å². The molecule has 0 bridgehead atoms. The van der Waals surface area contributed by atoms with Crippen LogP contribution < -0.4 is 19.1 Å². The summed E-state index contributed by atoms with van der Waals surface area (Å²) < 4.78 is 40.0. The number of carbonyl (C=O) groups excluding carboxylic acids is 2. The van der Waals surface area contributed by atoms with Crippen LogP contribution in [0.15, 0.2) is 77.7 Å². The lowest BCUT2D eigenvalue weighted by molar-refractivity contribution is -0.140. The Morgan fingerprint density at radius 1 is 0.905 bits per heavy atom. The number of benzene rings is 3. The zero-order valence-corrected chi connectivity index (χ0v) is 26.0. The summed E-state index contributed by atoms with van der Waals surface area (Å²) in [7, 11) is -1.36. The molecule has 0 radical (unpaired) electrons. The van der Waals surface area contributed by atoms with Crippen LogP contribution in [0.2, 0.25) is 0 Å². The molecule has 3 rings (SSSR count). The van der Waals surface area contributed by atoms with Gasteiger partial charge < -0.3 is 19.7 Å². The molecule has 0 saturated carbocycles. The van der Waals surface area contributed by atoms with Gasteiger partial charge >= 0.3 is 0 Å². The fourth-order valence-electron chi connectivity index (χ4n) is 4.47. The third kappa shape index (κ3) is 8.03. The Labute approximate surface area is 249 Å². The first kappa shape index (κ1) is 32.5. The molecule has 0 fully saturated rings. The molecule has 0 heterocycles. The maximum atomic E-state index is 14.1. The molecule has 226 valence electrons. The van der Waals surface area contributed by atoms with Gasteiger partial charge in [-0.05, 0) is 49.1 Å². The third-order valence-corrected chi connectivity index (χ3v) is 8.58. The van der Waals surface area contributed by atoms with Gasteiger partial charge in [-0.25, -0.2) is 8.42 Å². The summed E-state index contributed by atoms with van der Waals surface area (Å²) in [6.45, 7) is 7.81. The summed E-state index contributed by atoms with van der Waals surface area (Å²) in [6.07, 6.45) is 0.357. The number of hydrogen-bond donors (Lipinski definition) is 1. The molecular formula is C32H41N3O6S. The van der Waals surface area contributed by atoms with E-state index in [0.717, 1.165) is 15.4 Å². The number of nitrogens with one attached hydrogen (secondary N) is 1. The van der Waals surface area contributed by atoms with E-state index in [-0.39, 0.29) is 29.0 Å². The van der Waals surface area contributed by atoms with Crippen molar-refractivity contribution in [2.75, 3.05) is 31.6 Å². The smallest absolute Gasteiger partial charge is 0.264 e. The van der Waals surface area contributed by atoms with Crippen molar-refractivity contribution < 1.29 is 27.5 Å². The lowest BCUT2D eigenvalue weighted by Crippen LogP contribution is -2.52. The fraction of sp³-hybridized carbons (Fsp3) is 0.375. The van der Waals surface area contributed by atoms with Crippen molar-refractivity contribution in [3.63, 3.8) is 0 Å². The monoisotopic (exact) mass is 595 g/mol. The summed E-state index contributed by atoms with van der Waals surface area (Å²) in [5, 5.41) is 2.93. The maximum Gasteiger partial charge on any atom is 0.264 e. The van der Waals surface area contributed by atoms with Crippen LogP contribution in [0.1, 0.15) is 38.3 Å². The molecule has 0 spiro atoms. The number of methoxy groups -OCH3 is 2. The number of ether oxygens (including phenoxy) is 2. The van der Waals surface area contributed by atoms with E-state index in [0.29, 0.717) is 24.4 Å². The van der Waals surface area contributed by atoms with Crippen LogP contribution in [0.3, 0.4) is 0 Å². The summed E-state index contributed by atoms with van der Waals surface area (Å²) >= 11 is 0. The van der Waals surface area contributed by atoms with Crippen LogP contribution >= 0.6 is 0 Å². The fourth-order valence-corrected chi connectivity index (χ4v) is 5.90. The Balaban J connectivity index is 2.07. The Bertz CT molecular complexity index is 1440. The van der Waals surface area contributed by atoms with Crippen LogP contribution in [-0.4, -0.2) is 58.5 Å². The first-order valence-electron chi connectivity index (χ1n) is 13.9. The summed E-state index contributed by atoms with van der Waals surface area (Å²) in [5.74, 6) is 0.0671. The highest BCUT2D eigenvalue weighted by atomic mass is 32.2. The third-order valence-electron chi connectivity index (χ3n) is 6.81. The zero-order chi connectivity index (χ0) is 30.9. The van der Waals surface area contributed by atoms with E-state index in [9.17, 15) is 18.0 Å². The van der Waals surface area contributed by atoms with Gasteiger partial charge in [0.2, 0.25) is 11.8 Å². The van der Waals surface area contributed by atoms with Crippen molar-refractivity contribution in [1.82, 2.24) is 10.2 Å². The van der Waals surface area contributed by atoms with Crippen molar-refractivity contribution in [2.45, 2.75) is 51.6 Å². The second kappa shape index (κ2) is 14.7. The van der Waals surface area contributed by atoms with Crippen LogP contribution in [0.5, 0.6) is 11.5 Å². The summed E-state index contributed by atoms with van der Waals surface area (Å²) in [4.78, 5) is 28.8.